The van der Waals surface area contributed by atoms with Crippen LogP contribution in [0.1, 0.15) is 22.8 Å². The molecule has 1 heterocycles. The molecule has 0 saturated heterocycles. The van der Waals surface area contributed by atoms with Gasteiger partial charge in [0.05, 0.1) is 5.56 Å². The summed E-state index contributed by atoms with van der Waals surface area (Å²) in [5.41, 5.74) is 5.98. The summed E-state index contributed by atoms with van der Waals surface area (Å²) in [7, 11) is 1.50. The third-order valence-corrected chi connectivity index (χ3v) is 2.46. The molecule has 0 spiro atoms. The van der Waals surface area contributed by atoms with Gasteiger partial charge in [-0.3, -0.25) is 9.59 Å². The van der Waals surface area contributed by atoms with Crippen molar-refractivity contribution < 1.29 is 9.59 Å². The molecule has 0 atom stereocenters. The molecule has 0 fully saturated rings. The standard InChI is InChI=1S/C8H9NO2S.CH5N/c1-5-4-12-8(7(5)3-10)9-6(2)11;1-2/h3-4H,1-2H3,(H,9,11);2H2,1H3. The van der Waals surface area contributed by atoms with Crippen molar-refractivity contribution in [1.82, 2.24) is 0 Å². The molecule has 1 aromatic heterocycles. The highest BCUT2D eigenvalue weighted by molar-refractivity contribution is 7.14. The Morgan fingerprint density at radius 2 is 2.14 bits per heavy atom. The first kappa shape index (κ1) is 12.8. The lowest BCUT2D eigenvalue weighted by Crippen LogP contribution is -2.05. The van der Waals surface area contributed by atoms with Gasteiger partial charge < -0.3 is 11.1 Å². The first-order valence-corrected chi connectivity index (χ1v) is 4.91. The maximum absolute atomic E-state index is 10.7. The third kappa shape index (κ3) is 3.27. The molecule has 0 aliphatic rings. The lowest BCUT2D eigenvalue weighted by Gasteiger charge is -1.97. The minimum absolute atomic E-state index is 0.153. The molecule has 0 saturated carbocycles. The fraction of sp³-hybridized carbons (Fsp3) is 0.333. The summed E-state index contributed by atoms with van der Waals surface area (Å²) >= 11 is 1.37. The van der Waals surface area contributed by atoms with Crippen LogP contribution in [0.4, 0.5) is 5.00 Å². The van der Waals surface area contributed by atoms with Crippen LogP contribution >= 0.6 is 11.3 Å². The average molecular weight is 214 g/mol. The first-order valence-electron chi connectivity index (χ1n) is 4.03. The number of rotatable bonds is 2. The normalized spacial score (nSPS) is 8.57. The van der Waals surface area contributed by atoms with Crippen LogP contribution < -0.4 is 11.1 Å². The van der Waals surface area contributed by atoms with Crippen molar-refractivity contribution in [1.29, 1.82) is 0 Å². The Kier molecular flexibility index (Phi) is 5.74. The Hall–Kier alpha value is -1.20. The van der Waals surface area contributed by atoms with E-state index in [1.54, 1.807) is 0 Å². The molecule has 1 rings (SSSR count). The van der Waals surface area contributed by atoms with Crippen LogP contribution in [0.15, 0.2) is 5.38 Å². The molecule has 0 radical (unpaired) electrons. The summed E-state index contributed by atoms with van der Waals surface area (Å²) in [6, 6.07) is 0. The van der Waals surface area contributed by atoms with E-state index in [1.807, 2.05) is 12.3 Å². The van der Waals surface area contributed by atoms with Crippen molar-refractivity contribution >= 4 is 28.5 Å². The van der Waals surface area contributed by atoms with Crippen molar-refractivity contribution in [3.8, 4) is 0 Å². The summed E-state index contributed by atoms with van der Waals surface area (Å²) in [6.45, 7) is 3.26. The number of hydrogen-bond acceptors (Lipinski definition) is 4. The van der Waals surface area contributed by atoms with Gasteiger partial charge in [-0.1, -0.05) is 0 Å². The van der Waals surface area contributed by atoms with Gasteiger partial charge in [0.15, 0.2) is 6.29 Å². The van der Waals surface area contributed by atoms with Crippen LogP contribution in [0, 0.1) is 6.92 Å². The van der Waals surface area contributed by atoms with Crippen LogP contribution in [0.25, 0.3) is 0 Å². The predicted octanol–water partition coefficient (Wildman–Crippen LogP) is 1.40. The number of carbonyl (C=O) groups is 2. The Bertz CT molecular complexity index is 321. The SMILES string of the molecule is CC(=O)Nc1scc(C)c1C=O.CN. The number of nitrogens with one attached hydrogen (secondary N) is 1. The smallest absolute Gasteiger partial charge is 0.221 e. The molecule has 0 unspecified atom stereocenters. The average Bonchev–Trinajstić information content (AvgIpc) is 2.49. The van der Waals surface area contributed by atoms with Crippen LogP contribution in [0.5, 0.6) is 0 Å². The Labute approximate surface area is 87.1 Å². The second-order valence-electron chi connectivity index (χ2n) is 2.46. The quantitative estimate of drug-likeness (QED) is 0.731. The fourth-order valence-corrected chi connectivity index (χ4v) is 1.82. The predicted molar refractivity (Wildman–Crippen MR) is 58.9 cm³/mol. The van der Waals surface area contributed by atoms with Gasteiger partial charge in [0.25, 0.3) is 0 Å². The Morgan fingerprint density at radius 1 is 1.57 bits per heavy atom. The molecular formula is C9H14N2O2S. The van der Waals surface area contributed by atoms with Gasteiger partial charge >= 0.3 is 0 Å². The first-order chi connectivity index (χ1) is 6.65. The molecule has 0 bridgehead atoms. The highest BCUT2D eigenvalue weighted by Crippen LogP contribution is 2.25. The summed E-state index contributed by atoms with van der Waals surface area (Å²) in [5, 5.41) is 5.07. The maximum atomic E-state index is 10.7. The van der Waals surface area contributed by atoms with E-state index in [2.05, 4.69) is 11.1 Å². The van der Waals surface area contributed by atoms with Crippen LogP contribution in [-0.4, -0.2) is 19.2 Å². The van der Waals surface area contributed by atoms with E-state index in [0.29, 0.717) is 10.6 Å². The molecule has 3 N–H and O–H groups in total. The van der Waals surface area contributed by atoms with Gasteiger partial charge in [0.1, 0.15) is 5.00 Å². The fourth-order valence-electron chi connectivity index (χ4n) is 0.857. The Balaban J connectivity index is 0.000000791. The summed E-state index contributed by atoms with van der Waals surface area (Å²) in [4.78, 5) is 21.2. The van der Waals surface area contributed by atoms with Gasteiger partial charge in [-0.05, 0) is 24.9 Å². The zero-order valence-electron chi connectivity index (χ0n) is 8.46. The molecule has 0 aromatic carbocycles. The monoisotopic (exact) mass is 214 g/mol. The van der Waals surface area contributed by atoms with Crippen molar-refractivity contribution in [2.45, 2.75) is 13.8 Å². The molecule has 0 aliphatic carbocycles. The highest BCUT2D eigenvalue weighted by Gasteiger charge is 2.07. The van der Waals surface area contributed by atoms with Crippen molar-refractivity contribution in [3.63, 3.8) is 0 Å². The number of thiophene rings is 1. The van der Waals surface area contributed by atoms with E-state index < -0.39 is 0 Å². The molecular weight excluding hydrogens is 200 g/mol. The van der Waals surface area contributed by atoms with E-state index in [4.69, 9.17) is 0 Å². The van der Waals surface area contributed by atoms with Crippen molar-refractivity contribution in [3.05, 3.63) is 16.5 Å². The second kappa shape index (κ2) is 6.28. The molecule has 1 aromatic rings. The van der Waals surface area contributed by atoms with E-state index in [1.165, 1.54) is 25.3 Å². The van der Waals surface area contributed by atoms with Crippen molar-refractivity contribution in [2.75, 3.05) is 12.4 Å². The zero-order valence-corrected chi connectivity index (χ0v) is 9.27. The molecule has 78 valence electrons. The van der Waals surface area contributed by atoms with Gasteiger partial charge in [0.2, 0.25) is 5.91 Å². The number of aryl methyl sites for hydroxylation is 1. The van der Waals surface area contributed by atoms with Gasteiger partial charge in [-0.15, -0.1) is 11.3 Å². The van der Waals surface area contributed by atoms with Gasteiger partial charge in [-0.2, -0.15) is 0 Å². The number of aldehydes is 1. The Morgan fingerprint density at radius 3 is 2.57 bits per heavy atom. The third-order valence-electron chi connectivity index (χ3n) is 1.43. The topological polar surface area (TPSA) is 72.2 Å². The number of hydrogen-bond donors (Lipinski definition) is 2. The zero-order chi connectivity index (χ0) is 11.1. The van der Waals surface area contributed by atoms with Crippen LogP contribution in [0.3, 0.4) is 0 Å². The van der Waals surface area contributed by atoms with Crippen LogP contribution in [-0.2, 0) is 4.79 Å². The second-order valence-corrected chi connectivity index (χ2v) is 3.34. The maximum Gasteiger partial charge on any atom is 0.221 e. The molecule has 1 amide bonds. The van der Waals surface area contributed by atoms with E-state index in [9.17, 15) is 9.59 Å². The van der Waals surface area contributed by atoms with E-state index in [0.717, 1.165) is 11.8 Å². The van der Waals surface area contributed by atoms with Crippen LogP contribution in [0.2, 0.25) is 0 Å². The van der Waals surface area contributed by atoms with E-state index in [-0.39, 0.29) is 5.91 Å². The van der Waals surface area contributed by atoms with E-state index >= 15 is 0 Å². The summed E-state index contributed by atoms with van der Waals surface area (Å²) < 4.78 is 0. The molecule has 14 heavy (non-hydrogen) atoms. The lowest BCUT2D eigenvalue weighted by atomic mass is 10.2. The number of nitrogens with two attached hydrogens (primary N) is 1. The summed E-state index contributed by atoms with van der Waals surface area (Å²) in [5.74, 6) is -0.153. The number of carbonyl (C=O) groups excluding carboxylic acids is 2. The number of amides is 1. The molecule has 4 nitrogen and oxygen atoms in total. The minimum Gasteiger partial charge on any atom is -0.333 e. The minimum atomic E-state index is -0.153. The summed E-state index contributed by atoms with van der Waals surface area (Å²) in [6.07, 6.45) is 0.761. The largest absolute Gasteiger partial charge is 0.333 e. The highest BCUT2D eigenvalue weighted by atomic mass is 32.1. The van der Waals surface area contributed by atoms with Gasteiger partial charge in [-0.25, -0.2) is 0 Å². The van der Waals surface area contributed by atoms with Gasteiger partial charge in [0, 0.05) is 6.92 Å². The molecule has 5 heteroatoms. The lowest BCUT2D eigenvalue weighted by molar-refractivity contribution is -0.114. The van der Waals surface area contributed by atoms with Crippen molar-refractivity contribution in [2.24, 2.45) is 5.73 Å². The number of anilines is 1. The molecule has 0 aliphatic heterocycles.